The minimum Gasteiger partial charge on any atom is -0.491 e. The summed E-state index contributed by atoms with van der Waals surface area (Å²) in [6.07, 6.45) is 0.708. The van der Waals surface area contributed by atoms with Crippen molar-refractivity contribution in [1.82, 2.24) is 5.32 Å². The summed E-state index contributed by atoms with van der Waals surface area (Å²) in [7, 11) is 0. The largest absolute Gasteiger partial charge is 0.491 e. The molecule has 0 heterocycles. The summed E-state index contributed by atoms with van der Waals surface area (Å²) in [5.74, 6) is -0.0371. The molecule has 0 aliphatic carbocycles. The number of ether oxygens (including phenoxy) is 1. The van der Waals surface area contributed by atoms with Gasteiger partial charge in [0.2, 0.25) is 0 Å². The molecular formula is C12H18FNO2. The van der Waals surface area contributed by atoms with Gasteiger partial charge < -0.3 is 15.2 Å². The summed E-state index contributed by atoms with van der Waals surface area (Å²) in [5.41, 5.74) is 0.874. The fraction of sp³-hybridized carbons (Fsp3) is 0.500. The highest BCUT2D eigenvalue weighted by Crippen LogP contribution is 2.18. The van der Waals surface area contributed by atoms with Crippen molar-refractivity contribution in [3.63, 3.8) is 0 Å². The van der Waals surface area contributed by atoms with E-state index in [1.165, 1.54) is 6.07 Å². The number of hydrogen-bond acceptors (Lipinski definition) is 3. The molecule has 0 atom stereocenters. The Labute approximate surface area is 95.2 Å². The number of rotatable bonds is 7. The van der Waals surface area contributed by atoms with Crippen LogP contribution in [0.1, 0.15) is 18.9 Å². The first-order chi connectivity index (χ1) is 7.77. The lowest BCUT2D eigenvalue weighted by Gasteiger charge is -2.07. The Morgan fingerprint density at radius 1 is 1.44 bits per heavy atom. The second-order valence-corrected chi connectivity index (χ2v) is 3.45. The van der Waals surface area contributed by atoms with Crippen molar-refractivity contribution in [2.45, 2.75) is 19.9 Å². The van der Waals surface area contributed by atoms with Crippen LogP contribution in [0.4, 0.5) is 4.39 Å². The molecular weight excluding hydrogens is 209 g/mol. The van der Waals surface area contributed by atoms with Crippen molar-refractivity contribution in [1.29, 1.82) is 0 Å². The van der Waals surface area contributed by atoms with Crippen LogP contribution in [0.2, 0.25) is 0 Å². The Bertz CT molecular complexity index is 318. The third-order valence-corrected chi connectivity index (χ3v) is 2.14. The Balaban J connectivity index is 2.46. The molecule has 1 aromatic carbocycles. The van der Waals surface area contributed by atoms with E-state index >= 15 is 0 Å². The van der Waals surface area contributed by atoms with Crippen LogP contribution in [0, 0.1) is 5.82 Å². The number of nitrogens with one attached hydrogen (secondary N) is 1. The maximum atomic E-state index is 13.4. The van der Waals surface area contributed by atoms with Gasteiger partial charge in [-0.05, 0) is 37.6 Å². The van der Waals surface area contributed by atoms with Gasteiger partial charge in [0.1, 0.15) is 0 Å². The van der Waals surface area contributed by atoms with Crippen LogP contribution in [-0.4, -0.2) is 24.9 Å². The van der Waals surface area contributed by atoms with Crippen molar-refractivity contribution in [2.75, 3.05) is 19.8 Å². The second kappa shape index (κ2) is 7.19. The molecule has 0 spiro atoms. The highest BCUT2D eigenvalue weighted by atomic mass is 19.1. The third kappa shape index (κ3) is 4.16. The molecule has 0 unspecified atom stereocenters. The molecule has 4 heteroatoms. The van der Waals surface area contributed by atoms with Crippen LogP contribution in [-0.2, 0) is 6.54 Å². The normalized spacial score (nSPS) is 10.4. The summed E-state index contributed by atoms with van der Waals surface area (Å²) in [5, 5.41) is 11.7. The standard InChI is InChI=1S/C12H18FNO2/c1-2-16-12-5-4-10(8-11(12)13)9-14-6-3-7-15/h4-5,8,14-15H,2-3,6-7,9H2,1H3. The maximum Gasteiger partial charge on any atom is 0.165 e. The van der Waals surface area contributed by atoms with E-state index in [4.69, 9.17) is 9.84 Å². The molecule has 0 saturated carbocycles. The van der Waals surface area contributed by atoms with Gasteiger partial charge in [-0.2, -0.15) is 0 Å². The lowest BCUT2D eigenvalue weighted by atomic mass is 10.2. The second-order valence-electron chi connectivity index (χ2n) is 3.45. The van der Waals surface area contributed by atoms with E-state index in [1.54, 1.807) is 6.07 Å². The van der Waals surface area contributed by atoms with Crippen molar-refractivity contribution >= 4 is 0 Å². The van der Waals surface area contributed by atoms with Crippen LogP contribution >= 0.6 is 0 Å². The highest BCUT2D eigenvalue weighted by Gasteiger charge is 2.03. The summed E-state index contributed by atoms with van der Waals surface area (Å²) >= 11 is 0. The fourth-order valence-corrected chi connectivity index (χ4v) is 1.36. The van der Waals surface area contributed by atoms with Crippen molar-refractivity contribution in [3.05, 3.63) is 29.6 Å². The number of hydrogen-bond donors (Lipinski definition) is 2. The third-order valence-electron chi connectivity index (χ3n) is 2.14. The van der Waals surface area contributed by atoms with Crippen molar-refractivity contribution < 1.29 is 14.2 Å². The van der Waals surface area contributed by atoms with Gasteiger partial charge in [-0.15, -0.1) is 0 Å². The van der Waals surface area contributed by atoms with E-state index in [9.17, 15) is 4.39 Å². The number of aliphatic hydroxyl groups excluding tert-OH is 1. The Morgan fingerprint density at radius 3 is 2.88 bits per heavy atom. The molecule has 90 valence electrons. The monoisotopic (exact) mass is 227 g/mol. The molecule has 0 aromatic heterocycles. The first kappa shape index (κ1) is 12.9. The Kier molecular flexibility index (Phi) is 5.82. The lowest BCUT2D eigenvalue weighted by Crippen LogP contribution is -2.15. The van der Waals surface area contributed by atoms with Crippen LogP contribution in [0.3, 0.4) is 0 Å². The van der Waals surface area contributed by atoms with E-state index in [0.717, 1.165) is 12.1 Å². The zero-order valence-electron chi connectivity index (χ0n) is 9.50. The van der Waals surface area contributed by atoms with E-state index in [0.29, 0.717) is 25.3 Å². The lowest BCUT2D eigenvalue weighted by molar-refractivity contribution is 0.286. The van der Waals surface area contributed by atoms with E-state index in [-0.39, 0.29) is 12.4 Å². The van der Waals surface area contributed by atoms with Gasteiger partial charge in [0.25, 0.3) is 0 Å². The van der Waals surface area contributed by atoms with Gasteiger partial charge in [-0.3, -0.25) is 0 Å². The van der Waals surface area contributed by atoms with Crippen molar-refractivity contribution in [3.8, 4) is 5.75 Å². The quantitative estimate of drug-likeness (QED) is 0.697. The van der Waals surface area contributed by atoms with E-state index < -0.39 is 0 Å². The molecule has 2 N–H and O–H groups in total. The maximum absolute atomic E-state index is 13.4. The Hall–Kier alpha value is -1.13. The summed E-state index contributed by atoms with van der Waals surface area (Å²) in [6, 6.07) is 4.94. The number of aliphatic hydroxyl groups is 1. The minimum atomic E-state index is -0.330. The smallest absolute Gasteiger partial charge is 0.165 e. The molecule has 0 aliphatic rings. The van der Waals surface area contributed by atoms with Crippen LogP contribution < -0.4 is 10.1 Å². The molecule has 1 aromatic rings. The van der Waals surface area contributed by atoms with Crippen LogP contribution in [0.5, 0.6) is 5.75 Å². The summed E-state index contributed by atoms with van der Waals surface area (Å²) < 4.78 is 18.5. The van der Waals surface area contributed by atoms with Gasteiger partial charge in [0.15, 0.2) is 11.6 Å². The van der Waals surface area contributed by atoms with Crippen molar-refractivity contribution in [2.24, 2.45) is 0 Å². The van der Waals surface area contributed by atoms with Gasteiger partial charge in [-0.25, -0.2) is 4.39 Å². The number of halogens is 1. The molecule has 1 rings (SSSR count). The first-order valence-electron chi connectivity index (χ1n) is 5.50. The first-order valence-corrected chi connectivity index (χ1v) is 5.50. The summed E-state index contributed by atoms with van der Waals surface area (Å²) in [6.45, 7) is 3.79. The molecule has 0 saturated heterocycles. The number of benzene rings is 1. The SMILES string of the molecule is CCOc1ccc(CNCCCO)cc1F. The van der Waals surface area contributed by atoms with Gasteiger partial charge in [0, 0.05) is 13.2 Å². The average molecular weight is 227 g/mol. The van der Waals surface area contributed by atoms with Crippen LogP contribution in [0.15, 0.2) is 18.2 Å². The minimum absolute atomic E-state index is 0.171. The zero-order valence-corrected chi connectivity index (χ0v) is 9.50. The molecule has 0 aliphatic heterocycles. The highest BCUT2D eigenvalue weighted by molar-refractivity contribution is 5.29. The predicted molar refractivity (Wildman–Crippen MR) is 61.0 cm³/mol. The fourth-order valence-electron chi connectivity index (χ4n) is 1.36. The van der Waals surface area contributed by atoms with Gasteiger partial charge in [-0.1, -0.05) is 6.07 Å². The van der Waals surface area contributed by atoms with Gasteiger partial charge in [0.05, 0.1) is 6.61 Å². The molecule has 0 radical (unpaired) electrons. The summed E-state index contributed by atoms with van der Waals surface area (Å²) in [4.78, 5) is 0. The van der Waals surface area contributed by atoms with Crippen LogP contribution in [0.25, 0.3) is 0 Å². The average Bonchev–Trinajstić information content (AvgIpc) is 2.28. The molecule has 0 amide bonds. The van der Waals surface area contributed by atoms with E-state index in [2.05, 4.69) is 5.32 Å². The zero-order chi connectivity index (χ0) is 11.8. The topological polar surface area (TPSA) is 41.5 Å². The van der Waals surface area contributed by atoms with Gasteiger partial charge >= 0.3 is 0 Å². The van der Waals surface area contributed by atoms with E-state index in [1.807, 2.05) is 13.0 Å². The predicted octanol–water partition coefficient (Wildman–Crippen LogP) is 1.70. The molecule has 0 bridgehead atoms. The Morgan fingerprint density at radius 2 is 2.25 bits per heavy atom. The molecule has 0 fully saturated rings. The molecule has 3 nitrogen and oxygen atoms in total. The molecule has 16 heavy (non-hydrogen) atoms.